The van der Waals surface area contributed by atoms with E-state index in [1.165, 1.54) is 17.2 Å². The Balaban J connectivity index is 1.86. The van der Waals surface area contributed by atoms with E-state index >= 15 is 0 Å². The first-order valence-corrected chi connectivity index (χ1v) is 6.56. The summed E-state index contributed by atoms with van der Waals surface area (Å²) in [6.45, 7) is -2.04. The Kier molecular flexibility index (Phi) is 4.98. The first-order chi connectivity index (χ1) is 10.8. The second-order valence-electron chi connectivity index (χ2n) is 4.70. The van der Waals surface area contributed by atoms with Gasteiger partial charge in [0.05, 0.1) is 12.8 Å². The molecular formula is C12H14F3N5O3. The number of halogens is 3. The minimum atomic E-state index is -4.40. The predicted molar refractivity (Wildman–Crippen MR) is 72.7 cm³/mol. The minimum Gasteiger partial charge on any atom is -0.370 e. The summed E-state index contributed by atoms with van der Waals surface area (Å²) in [6.07, 6.45) is -1.84. The van der Waals surface area contributed by atoms with Gasteiger partial charge in [-0.3, -0.25) is 18.8 Å². The molecule has 0 saturated heterocycles. The maximum Gasteiger partial charge on any atom is 0.411 e. The van der Waals surface area contributed by atoms with Gasteiger partial charge < -0.3 is 10.1 Å². The molecule has 2 aromatic heterocycles. The molecule has 0 aromatic carbocycles. The number of rotatable bonds is 6. The predicted octanol–water partition coefficient (Wildman–Crippen LogP) is -0.175. The number of ether oxygens (including phenoxy) is 1. The molecule has 0 spiro atoms. The molecule has 0 aliphatic carbocycles. The summed E-state index contributed by atoms with van der Waals surface area (Å²) in [5.41, 5.74) is -0.0289. The summed E-state index contributed by atoms with van der Waals surface area (Å²) in [7, 11) is 1.63. The van der Waals surface area contributed by atoms with Crippen LogP contribution in [0.15, 0.2) is 17.3 Å². The quantitative estimate of drug-likeness (QED) is 0.741. The Morgan fingerprint density at radius 2 is 2.17 bits per heavy atom. The second kappa shape index (κ2) is 6.77. The number of aryl methyl sites for hydroxylation is 1. The molecule has 0 fully saturated rings. The van der Waals surface area contributed by atoms with Crippen LogP contribution in [-0.2, 0) is 23.1 Å². The van der Waals surface area contributed by atoms with Crippen LogP contribution in [0.5, 0.6) is 0 Å². The molecule has 8 nitrogen and oxygen atoms in total. The van der Waals surface area contributed by atoms with Crippen LogP contribution in [0.4, 0.5) is 13.2 Å². The number of carbonyl (C=O) groups excluding carboxylic acids is 1. The molecule has 0 bridgehead atoms. The van der Waals surface area contributed by atoms with E-state index in [0.717, 1.165) is 4.57 Å². The Labute approximate surface area is 127 Å². The molecule has 11 heteroatoms. The van der Waals surface area contributed by atoms with Crippen LogP contribution in [0, 0.1) is 0 Å². The molecule has 0 radical (unpaired) electrons. The highest BCUT2D eigenvalue weighted by Gasteiger charge is 2.27. The fourth-order valence-corrected chi connectivity index (χ4v) is 1.84. The Morgan fingerprint density at radius 1 is 1.43 bits per heavy atom. The minimum absolute atomic E-state index is 0.0910. The number of hydrogen-bond donors (Lipinski definition) is 1. The Bertz CT molecular complexity index is 752. The molecule has 2 heterocycles. The molecule has 1 N–H and O–H groups in total. The van der Waals surface area contributed by atoms with Gasteiger partial charge in [0, 0.05) is 13.6 Å². The summed E-state index contributed by atoms with van der Waals surface area (Å²) in [6, 6.07) is 0. The van der Waals surface area contributed by atoms with Crippen LogP contribution >= 0.6 is 0 Å². The average molecular weight is 333 g/mol. The first kappa shape index (κ1) is 16.9. The molecular weight excluding hydrogens is 319 g/mol. The lowest BCUT2D eigenvalue weighted by atomic mass is 10.4. The van der Waals surface area contributed by atoms with E-state index in [4.69, 9.17) is 0 Å². The van der Waals surface area contributed by atoms with Gasteiger partial charge in [-0.15, -0.1) is 0 Å². The number of nitrogens with one attached hydrogen (secondary N) is 1. The lowest BCUT2D eigenvalue weighted by Crippen LogP contribution is -2.34. The first-order valence-electron chi connectivity index (χ1n) is 6.56. The molecule has 0 aliphatic rings. The zero-order valence-electron chi connectivity index (χ0n) is 12.1. The average Bonchev–Trinajstić information content (AvgIpc) is 2.82. The van der Waals surface area contributed by atoms with Crippen molar-refractivity contribution in [1.29, 1.82) is 0 Å². The van der Waals surface area contributed by atoms with Crippen molar-refractivity contribution in [1.82, 2.24) is 24.6 Å². The van der Waals surface area contributed by atoms with Gasteiger partial charge in [0.2, 0.25) is 5.91 Å². The smallest absolute Gasteiger partial charge is 0.370 e. The fourth-order valence-electron chi connectivity index (χ4n) is 1.84. The third-order valence-corrected chi connectivity index (χ3v) is 2.87. The van der Waals surface area contributed by atoms with Crippen LogP contribution in [0.1, 0.15) is 0 Å². The SMILES string of the molecule is Cn1ncc2c(=O)n(CC(=O)NCCOCC(F)(F)F)cnc21. The molecule has 0 aliphatic heterocycles. The van der Waals surface area contributed by atoms with E-state index in [1.54, 1.807) is 7.05 Å². The third-order valence-electron chi connectivity index (χ3n) is 2.87. The molecule has 0 saturated carbocycles. The number of amides is 1. The molecule has 1 amide bonds. The van der Waals surface area contributed by atoms with E-state index < -0.39 is 24.2 Å². The molecule has 0 atom stereocenters. The van der Waals surface area contributed by atoms with Gasteiger partial charge in [-0.05, 0) is 0 Å². The van der Waals surface area contributed by atoms with E-state index in [2.05, 4.69) is 20.1 Å². The van der Waals surface area contributed by atoms with Gasteiger partial charge in [-0.1, -0.05) is 0 Å². The number of aromatic nitrogens is 4. The van der Waals surface area contributed by atoms with Gasteiger partial charge in [0.1, 0.15) is 24.9 Å². The highest BCUT2D eigenvalue weighted by atomic mass is 19.4. The van der Waals surface area contributed by atoms with Crippen LogP contribution in [-0.4, -0.2) is 51.2 Å². The molecule has 126 valence electrons. The van der Waals surface area contributed by atoms with Gasteiger partial charge in [0.25, 0.3) is 5.56 Å². The fraction of sp³-hybridized carbons (Fsp3) is 0.500. The number of fused-ring (bicyclic) bond motifs is 1. The number of nitrogens with zero attached hydrogens (tertiary/aromatic N) is 4. The molecule has 0 unspecified atom stereocenters. The van der Waals surface area contributed by atoms with Crippen LogP contribution in [0.3, 0.4) is 0 Å². The van der Waals surface area contributed by atoms with Crippen LogP contribution < -0.4 is 10.9 Å². The highest BCUT2D eigenvalue weighted by Crippen LogP contribution is 2.13. The highest BCUT2D eigenvalue weighted by molar-refractivity contribution is 5.77. The van der Waals surface area contributed by atoms with Gasteiger partial charge in [-0.2, -0.15) is 18.3 Å². The summed E-state index contributed by atoms with van der Waals surface area (Å²) < 4.78 is 42.4. The van der Waals surface area contributed by atoms with Gasteiger partial charge in [0.15, 0.2) is 5.65 Å². The van der Waals surface area contributed by atoms with Crippen molar-refractivity contribution in [3.8, 4) is 0 Å². The maximum atomic E-state index is 12.1. The maximum absolute atomic E-state index is 12.1. The molecule has 2 aromatic rings. The van der Waals surface area contributed by atoms with Crippen molar-refractivity contribution >= 4 is 16.9 Å². The Morgan fingerprint density at radius 3 is 2.87 bits per heavy atom. The summed E-state index contributed by atoms with van der Waals surface area (Å²) in [5, 5.41) is 6.53. The second-order valence-corrected chi connectivity index (χ2v) is 4.70. The van der Waals surface area contributed by atoms with Crippen molar-refractivity contribution in [3.63, 3.8) is 0 Å². The number of carbonyl (C=O) groups is 1. The van der Waals surface area contributed by atoms with Crippen LogP contribution in [0.25, 0.3) is 11.0 Å². The monoisotopic (exact) mass is 333 g/mol. The summed E-state index contributed by atoms with van der Waals surface area (Å²) in [4.78, 5) is 27.8. The lowest BCUT2D eigenvalue weighted by molar-refractivity contribution is -0.173. The standard InChI is InChI=1S/C12H14F3N5O3/c1-19-10-8(4-18-19)11(22)20(7-17-10)5-9(21)16-2-3-23-6-12(13,14)15/h4,7H,2-3,5-6H2,1H3,(H,16,21). The Hall–Kier alpha value is -2.43. The molecule has 2 rings (SSSR count). The van der Waals surface area contributed by atoms with Crippen molar-refractivity contribution in [2.75, 3.05) is 19.8 Å². The van der Waals surface area contributed by atoms with Crippen molar-refractivity contribution < 1.29 is 22.7 Å². The van der Waals surface area contributed by atoms with Crippen molar-refractivity contribution in [2.24, 2.45) is 7.05 Å². The van der Waals surface area contributed by atoms with E-state index in [0.29, 0.717) is 5.65 Å². The van der Waals surface area contributed by atoms with Gasteiger partial charge in [-0.25, -0.2) is 4.98 Å². The zero-order valence-corrected chi connectivity index (χ0v) is 12.1. The number of alkyl halides is 3. The number of hydrogen-bond acceptors (Lipinski definition) is 5. The summed E-state index contributed by atoms with van der Waals surface area (Å²) >= 11 is 0. The van der Waals surface area contributed by atoms with E-state index in [-0.39, 0.29) is 25.1 Å². The zero-order chi connectivity index (χ0) is 17.0. The van der Waals surface area contributed by atoms with Crippen LogP contribution in [0.2, 0.25) is 0 Å². The van der Waals surface area contributed by atoms with E-state index in [9.17, 15) is 22.8 Å². The normalized spacial score (nSPS) is 11.8. The van der Waals surface area contributed by atoms with Crippen molar-refractivity contribution in [2.45, 2.75) is 12.7 Å². The van der Waals surface area contributed by atoms with Gasteiger partial charge >= 0.3 is 6.18 Å². The topological polar surface area (TPSA) is 91.0 Å². The largest absolute Gasteiger partial charge is 0.411 e. The van der Waals surface area contributed by atoms with Crippen molar-refractivity contribution in [3.05, 3.63) is 22.9 Å². The lowest BCUT2D eigenvalue weighted by Gasteiger charge is -2.09. The molecule has 23 heavy (non-hydrogen) atoms. The summed E-state index contributed by atoms with van der Waals surface area (Å²) in [5.74, 6) is -0.534. The van der Waals surface area contributed by atoms with E-state index in [1.807, 2.05) is 0 Å². The third kappa shape index (κ3) is 4.52.